The predicted octanol–water partition coefficient (Wildman–Crippen LogP) is 3.81. The van der Waals surface area contributed by atoms with Gasteiger partial charge in [-0.2, -0.15) is 0 Å². The quantitative estimate of drug-likeness (QED) is 0.763. The van der Waals surface area contributed by atoms with Crippen molar-refractivity contribution in [2.45, 2.75) is 71.7 Å². The molecule has 1 fully saturated rings. The van der Waals surface area contributed by atoms with Crippen LogP contribution in [0.15, 0.2) is 0 Å². The summed E-state index contributed by atoms with van der Waals surface area (Å²) in [5, 5.41) is 10.9. The molecule has 3 heteroatoms. The Morgan fingerprint density at radius 2 is 1.35 bits per heavy atom. The monoisotopic (exact) mass is 258 g/mol. The Morgan fingerprint density at radius 1 is 0.941 bits per heavy atom. The van der Waals surface area contributed by atoms with Gasteiger partial charge in [0.2, 0.25) is 0 Å². The van der Waals surface area contributed by atoms with Gasteiger partial charge in [-0.05, 0) is 42.3 Å². The molecule has 1 N–H and O–H groups in total. The fraction of sp³-hybridized carbons (Fsp3) is 1.00. The molecule has 0 spiro atoms. The fourth-order valence-electron chi connectivity index (χ4n) is 3.68. The van der Waals surface area contributed by atoms with E-state index in [0.717, 1.165) is 6.42 Å². The second-order valence-corrected chi connectivity index (χ2v) is 12.3. The van der Waals surface area contributed by atoms with E-state index >= 15 is 0 Å². The SMILES string of the molecule is CO[Si](C)(C)C1(C)CC(C)(O)C(C)(C)C1(C)C. The zero-order valence-corrected chi connectivity index (χ0v) is 14.1. The minimum Gasteiger partial charge on any atom is -0.420 e. The van der Waals surface area contributed by atoms with Crippen molar-refractivity contribution in [2.24, 2.45) is 10.8 Å². The van der Waals surface area contributed by atoms with Gasteiger partial charge in [-0.25, -0.2) is 0 Å². The van der Waals surface area contributed by atoms with E-state index in [4.69, 9.17) is 4.43 Å². The van der Waals surface area contributed by atoms with Gasteiger partial charge in [0.05, 0.1) is 5.60 Å². The summed E-state index contributed by atoms with van der Waals surface area (Å²) in [6.07, 6.45) is 0.826. The summed E-state index contributed by atoms with van der Waals surface area (Å²) >= 11 is 0. The Balaban J connectivity index is 3.41. The average Bonchev–Trinajstić information content (AvgIpc) is 2.24. The molecule has 0 aliphatic heterocycles. The molecule has 0 aromatic carbocycles. The zero-order valence-electron chi connectivity index (χ0n) is 13.1. The van der Waals surface area contributed by atoms with Crippen molar-refractivity contribution < 1.29 is 9.53 Å². The predicted molar refractivity (Wildman–Crippen MR) is 75.7 cm³/mol. The van der Waals surface area contributed by atoms with Crippen LogP contribution in [-0.2, 0) is 4.43 Å². The summed E-state index contributed by atoms with van der Waals surface area (Å²) in [7, 11) is -0.0145. The first-order chi connectivity index (χ1) is 7.27. The molecule has 0 bridgehead atoms. The second kappa shape index (κ2) is 3.58. The zero-order chi connectivity index (χ0) is 13.9. The van der Waals surface area contributed by atoms with Crippen LogP contribution in [0.3, 0.4) is 0 Å². The minimum atomic E-state index is -1.84. The minimum absolute atomic E-state index is 0.0508. The Morgan fingerprint density at radius 3 is 1.59 bits per heavy atom. The molecule has 2 atom stereocenters. The van der Waals surface area contributed by atoms with Crippen LogP contribution in [0, 0.1) is 10.8 Å². The average molecular weight is 258 g/mol. The summed E-state index contributed by atoms with van der Waals surface area (Å²) in [5.41, 5.74) is -0.694. The first kappa shape index (κ1) is 15.2. The van der Waals surface area contributed by atoms with Crippen LogP contribution in [0.1, 0.15) is 48.0 Å². The standard InChI is InChI=1S/C14H30O2Si/c1-11(2)12(3,4)14(6,10-13(11,5)15)17(8,9)16-7/h15H,10H2,1-9H3. The Hall–Kier alpha value is 0.137. The summed E-state index contributed by atoms with van der Waals surface area (Å²) in [4.78, 5) is 0. The lowest BCUT2D eigenvalue weighted by atomic mass is 9.63. The molecule has 2 unspecified atom stereocenters. The second-order valence-electron chi connectivity index (χ2n) is 7.75. The molecule has 2 nitrogen and oxygen atoms in total. The van der Waals surface area contributed by atoms with E-state index in [9.17, 15) is 5.11 Å². The molecule has 0 aromatic heterocycles. The largest absolute Gasteiger partial charge is 0.420 e. The van der Waals surface area contributed by atoms with Crippen molar-refractivity contribution >= 4 is 8.32 Å². The van der Waals surface area contributed by atoms with E-state index in [1.54, 1.807) is 0 Å². The molecule has 102 valence electrons. The Labute approximate surface area is 108 Å². The number of aliphatic hydroxyl groups is 1. The highest BCUT2D eigenvalue weighted by Crippen LogP contribution is 2.73. The Kier molecular flexibility index (Phi) is 3.20. The lowest BCUT2D eigenvalue weighted by Gasteiger charge is -2.52. The molecule has 0 aromatic rings. The van der Waals surface area contributed by atoms with Gasteiger partial charge in [0, 0.05) is 7.11 Å². The van der Waals surface area contributed by atoms with Crippen LogP contribution in [0.2, 0.25) is 18.1 Å². The molecule has 1 saturated carbocycles. The van der Waals surface area contributed by atoms with Gasteiger partial charge >= 0.3 is 0 Å². The van der Waals surface area contributed by atoms with Crippen LogP contribution in [0.4, 0.5) is 0 Å². The fourth-order valence-corrected chi connectivity index (χ4v) is 6.72. The smallest absolute Gasteiger partial charge is 0.192 e. The van der Waals surface area contributed by atoms with Crippen molar-refractivity contribution in [3.05, 3.63) is 0 Å². The first-order valence-corrected chi connectivity index (χ1v) is 9.45. The third kappa shape index (κ3) is 1.58. The van der Waals surface area contributed by atoms with E-state index in [1.165, 1.54) is 0 Å². The molecular weight excluding hydrogens is 228 g/mol. The lowest BCUT2D eigenvalue weighted by molar-refractivity contribution is -0.0648. The highest BCUT2D eigenvalue weighted by molar-refractivity contribution is 6.74. The number of hydrogen-bond donors (Lipinski definition) is 1. The Bertz CT molecular complexity index is 318. The van der Waals surface area contributed by atoms with Crippen LogP contribution in [0.5, 0.6) is 0 Å². The molecule has 0 saturated heterocycles. The first-order valence-electron chi connectivity index (χ1n) is 6.54. The van der Waals surface area contributed by atoms with E-state index in [0.29, 0.717) is 0 Å². The van der Waals surface area contributed by atoms with Gasteiger partial charge in [0.15, 0.2) is 8.32 Å². The topological polar surface area (TPSA) is 29.5 Å². The van der Waals surface area contributed by atoms with Crippen LogP contribution in [-0.4, -0.2) is 26.1 Å². The normalized spacial score (nSPS) is 40.6. The van der Waals surface area contributed by atoms with Gasteiger partial charge in [0.25, 0.3) is 0 Å². The van der Waals surface area contributed by atoms with Crippen LogP contribution in [0.25, 0.3) is 0 Å². The van der Waals surface area contributed by atoms with Gasteiger partial charge in [-0.1, -0.05) is 34.6 Å². The van der Waals surface area contributed by atoms with Crippen LogP contribution < -0.4 is 0 Å². The molecular formula is C14H30O2Si. The highest BCUT2D eigenvalue weighted by atomic mass is 28.4. The maximum Gasteiger partial charge on any atom is 0.192 e. The summed E-state index contributed by atoms with van der Waals surface area (Å²) < 4.78 is 5.87. The van der Waals surface area contributed by atoms with Gasteiger partial charge in [-0.3, -0.25) is 0 Å². The summed E-state index contributed by atoms with van der Waals surface area (Å²) in [5.74, 6) is 0. The molecule has 0 heterocycles. The van der Waals surface area contributed by atoms with E-state index in [2.05, 4.69) is 47.7 Å². The third-order valence-electron chi connectivity index (χ3n) is 6.83. The number of rotatable bonds is 2. The van der Waals surface area contributed by atoms with Crippen molar-refractivity contribution in [1.29, 1.82) is 0 Å². The summed E-state index contributed by atoms with van der Waals surface area (Å²) in [6.45, 7) is 17.8. The summed E-state index contributed by atoms with van der Waals surface area (Å²) in [6, 6.07) is 0. The van der Waals surface area contributed by atoms with E-state index in [1.807, 2.05) is 14.0 Å². The molecule has 1 rings (SSSR count). The highest BCUT2D eigenvalue weighted by Gasteiger charge is 2.70. The van der Waals surface area contributed by atoms with Gasteiger partial charge in [0.1, 0.15) is 0 Å². The van der Waals surface area contributed by atoms with Crippen LogP contribution >= 0.6 is 0 Å². The molecule has 17 heavy (non-hydrogen) atoms. The third-order valence-corrected chi connectivity index (χ3v) is 11.3. The van der Waals surface area contributed by atoms with Crippen molar-refractivity contribution in [3.63, 3.8) is 0 Å². The molecule has 1 aliphatic rings. The van der Waals surface area contributed by atoms with Crippen molar-refractivity contribution in [3.8, 4) is 0 Å². The van der Waals surface area contributed by atoms with E-state index in [-0.39, 0.29) is 15.9 Å². The molecule has 0 amide bonds. The lowest BCUT2D eigenvalue weighted by Crippen LogP contribution is -2.51. The van der Waals surface area contributed by atoms with Gasteiger partial charge < -0.3 is 9.53 Å². The maximum atomic E-state index is 10.8. The maximum absolute atomic E-state index is 10.8. The number of hydrogen-bond acceptors (Lipinski definition) is 2. The van der Waals surface area contributed by atoms with Gasteiger partial charge in [-0.15, -0.1) is 0 Å². The molecule has 0 radical (unpaired) electrons. The van der Waals surface area contributed by atoms with Crippen molar-refractivity contribution in [1.82, 2.24) is 0 Å². The molecule has 1 aliphatic carbocycles. The van der Waals surface area contributed by atoms with Crippen molar-refractivity contribution in [2.75, 3.05) is 7.11 Å². The van der Waals surface area contributed by atoms with E-state index < -0.39 is 13.9 Å².